The van der Waals surface area contributed by atoms with Crippen LogP contribution in [-0.2, 0) is 18.9 Å². The summed E-state index contributed by atoms with van der Waals surface area (Å²) in [6, 6.07) is 0. The molecule has 0 radical (unpaired) electrons. The smallest absolute Gasteiger partial charge is 0.0701 e. The Bertz CT molecular complexity index is 321. The lowest BCUT2D eigenvalue weighted by Crippen LogP contribution is -2.30. The molecule has 6 aliphatic heterocycles. The molecule has 0 unspecified atom stereocenters. The summed E-state index contributed by atoms with van der Waals surface area (Å²) in [5.41, 5.74) is 0. The van der Waals surface area contributed by atoms with Crippen molar-refractivity contribution < 1.29 is 18.9 Å². The summed E-state index contributed by atoms with van der Waals surface area (Å²) < 4.78 is 20.0. The van der Waals surface area contributed by atoms with E-state index in [4.69, 9.17) is 18.9 Å². The van der Waals surface area contributed by atoms with Crippen molar-refractivity contribution >= 4 is 6.21 Å². The Kier molecular flexibility index (Phi) is 26.0. The summed E-state index contributed by atoms with van der Waals surface area (Å²) in [4.78, 5) is 3.78. The third kappa shape index (κ3) is 25.7. The van der Waals surface area contributed by atoms with Crippen LogP contribution in [0.5, 0.6) is 0 Å². The van der Waals surface area contributed by atoms with Crippen molar-refractivity contribution in [3.8, 4) is 0 Å². The van der Waals surface area contributed by atoms with Crippen LogP contribution in [0.2, 0.25) is 0 Å². The zero-order valence-electron chi connectivity index (χ0n) is 21.6. The molecular weight excluding hydrogens is 432 g/mol. The minimum Gasteiger partial charge on any atom is -0.381 e. The topological polar surface area (TPSA) is 85.4 Å². The molecule has 3 N–H and O–H groups in total. The van der Waals surface area contributed by atoms with Crippen LogP contribution < -0.4 is 16.0 Å². The summed E-state index contributed by atoms with van der Waals surface area (Å²) in [6.07, 6.45) is 17.6. The van der Waals surface area contributed by atoms with E-state index in [0.29, 0.717) is 0 Å². The van der Waals surface area contributed by atoms with Crippen LogP contribution in [0.15, 0.2) is 17.3 Å². The number of hydrogen-bond donors (Lipinski definition) is 3. The molecule has 5 fully saturated rings. The van der Waals surface area contributed by atoms with Gasteiger partial charge in [-0.25, -0.2) is 0 Å². The largest absolute Gasteiger partial charge is 0.381 e. The molecule has 8 heteroatoms. The molecule has 5 saturated heterocycles. The maximum absolute atomic E-state index is 5.07. The Labute approximate surface area is 208 Å². The van der Waals surface area contributed by atoms with E-state index in [-0.39, 0.29) is 0 Å². The quantitative estimate of drug-likeness (QED) is 0.487. The van der Waals surface area contributed by atoms with Gasteiger partial charge in [-0.05, 0) is 71.1 Å². The lowest BCUT2D eigenvalue weighted by molar-refractivity contribution is -0.0334. The molecule has 0 amide bonds. The molecule has 6 heterocycles. The van der Waals surface area contributed by atoms with Gasteiger partial charge in [0.15, 0.2) is 0 Å². The molecule has 6 rings (SSSR count). The van der Waals surface area contributed by atoms with Gasteiger partial charge in [0.25, 0.3) is 0 Å². The van der Waals surface area contributed by atoms with Crippen molar-refractivity contribution in [2.24, 2.45) is 4.99 Å². The Balaban J connectivity index is 0.000000204. The van der Waals surface area contributed by atoms with E-state index in [2.05, 4.69) is 20.9 Å². The fourth-order valence-electron chi connectivity index (χ4n) is 3.37. The number of nitrogens with one attached hydrogen (secondary N) is 3. The number of ether oxygens (including phenoxy) is 4. The van der Waals surface area contributed by atoms with Gasteiger partial charge in [-0.1, -0.05) is 12.5 Å². The van der Waals surface area contributed by atoms with Gasteiger partial charge in [0.2, 0.25) is 0 Å². The zero-order valence-corrected chi connectivity index (χ0v) is 21.6. The molecule has 6 aliphatic rings. The van der Waals surface area contributed by atoms with Gasteiger partial charge < -0.3 is 34.9 Å². The van der Waals surface area contributed by atoms with E-state index < -0.39 is 0 Å². The Hall–Kier alpha value is -0.870. The lowest BCUT2D eigenvalue weighted by atomic mass is 10.2. The highest BCUT2D eigenvalue weighted by molar-refractivity contribution is 5.62. The first-order chi connectivity index (χ1) is 17.0. The molecule has 0 bridgehead atoms. The standard InChI is InChI=1S/C5H11N.C5H10O.C4H9NO.C4H9N.C4H5N.C4H8O2/c2*1-2-4-6-5-3-1;1-3-6-4-2-5-1;2*1-2-4-5-3-1;1-2-6-4-3-5-1/h6H,1-5H2;1-5H2;5H,1-4H2;5H,1-4H2;1,3-4H,2H2;1-4H2. The minimum absolute atomic E-state index is 0.778. The number of allylic oxidation sites excluding steroid dienone is 1. The lowest BCUT2D eigenvalue weighted by Gasteiger charge is -2.10. The SMILES string of the molecule is C1=CN=CC1.C1CCNC1.C1CCNCC1.C1CCOCC1.C1COCCN1.C1COCCO1. The van der Waals surface area contributed by atoms with Crippen molar-refractivity contribution in [3.05, 3.63) is 12.3 Å². The van der Waals surface area contributed by atoms with Crippen LogP contribution >= 0.6 is 0 Å². The molecule has 0 aliphatic carbocycles. The van der Waals surface area contributed by atoms with Gasteiger partial charge in [-0.3, -0.25) is 4.99 Å². The van der Waals surface area contributed by atoms with E-state index in [9.17, 15) is 0 Å². The predicted molar refractivity (Wildman–Crippen MR) is 141 cm³/mol. The molecule has 200 valence electrons. The highest BCUT2D eigenvalue weighted by atomic mass is 16.6. The molecule has 0 spiro atoms. The number of aliphatic imine (C=N–C) groups is 1. The van der Waals surface area contributed by atoms with Crippen LogP contribution in [0, 0.1) is 0 Å². The van der Waals surface area contributed by atoms with E-state index in [1.54, 1.807) is 6.20 Å². The monoisotopic (exact) mass is 484 g/mol. The number of piperidine rings is 1. The molecule has 0 atom stereocenters. The van der Waals surface area contributed by atoms with Crippen LogP contribution in [0.3, 0.4) is 0 Å². The molecule has 0 aromatic heterocycles. The van der Waals surface area contributed by atoms with Crippen molar-refractivity contribution in [2.45, 2.75) is 57.8 Å². The first kappa shape index (κ1) is 31.2. The molecular formula is C26H52N4O4. The highest BCUT2D eigenvalue weighted by Crippen LogP contribution is 2.02. The molecule has 34 heavy (non-hydrogen) atoms. The maximum atomic E-state index is 5.07. The van der Waals surface area contributed by atoms with Gasteiger partial charge in [0.05, 0.1) is 39.6 Å². The predicted octanol–water partition coefficient (Wildman–Crippen LogP) is 2.93. The van der Waals surface area contributed by atoms with Crippen LogP contribution in [0.25, 0.3) is 0 Å². The Morgan fingerprint density at radius 3 is 1.06 bits per heavy atom. The summed E-state index contributed by atoms with van der Waals surface area (Å²) in [5, 5.41) is 9.67. The van der Waals surface area contributed by atoms with Gasteiger partial charge >= 0.3 is 0 Å². The van der Waals surface area contributed by atoms with Crippen LogP contribution in [0.1, 0.15) is 57.8 Å². The zero-order chi connectivity index (χ0) is 24.0. The second-order valence-electron chi connectivity index (χ2n) is 8.48. The van der Waals surface area contributed by atoms with Crippen molar-refractivity contribution in [3.63, 3.8) is 0 Å². The third-order valence-electron chi connectivity index (χ3n) is 5.37. The van der Waals surface area contributed by atoms with E-state index >= 15 is 0 Å². The molecule has 8 nitrogen and oxygen atoms in total. The summed E-state index contributed by atoms with van der Waals surface area (Å²) >= 11 is 0. The van der Waals surface area contributed by atoms with E-state index in [1.165, 1.54) is 77.5 Å². The fraction of sp³-hybridized carbons (Fsp3) is 0.885. The van der Waals surface area contributed by atoms with Gasteiger partial charge in [0.1, 0.15) is 0 Å². The van der Waals surface area contributed by atoms with E-state index in [1.807, 2.05) is 12.3 Å². The second-order valence-corrected chi connectivity index (χ2v) is 8.48. The van der Waals surface area contributed by atoms with Gasteiger partial charge in [-0.2, -0.15) is 0 Å². The highest BCUT2D eigenvalue weighted by Gasteiger charge is 1.96. The Morgan fingerprint density at radius 1 is 0.441 bits per heavy atom. The fourth-order valence-corrected chi connectivity index (χ4v) is 3.37. The first-order valence-electron chi connectivity index (χ1n) is 13.6. The molecule has 0 saturated carbocycles. The van der Waals surface area contributed by atoms with Crippen molar-refractivity contribution in [1.82, 2.24) is 16.0 Å². The Morgan fingerprint density at radius 2 is 0.882 bits per heavy atom. The summed E-state index contributed by atoms with van der Waals surface area (Å²) in [6.45, 7) is 13.9. The maximum Gasteiger partial charge on any atom is 0.0701 e. The van der Waals surface area contributed by atoms with Crippen molar-refractivity contribution in [2.75, 3.05) is 92.1 Å². The van der Waals surface area contributed by atoms with Crippen LogP contribution in [-0.4, -0.2) is 98.3 Å². The number of nitrogens with zero attached hydrogens (tertiary/aromatic N) is 1. The number of hydrogen-bond acceptors (Lipinski definition) is 8. The summed E-state index contributed by atoms with van der Waals surface area (Å²) in [5.74, 6) is 0. The number of rotatable bonds is 0. The van der Waals surface area contributed by atoms with Gasteiger partial charge in [0, 0.05) is 45.1 Å². The number of morpholine rings is 1. The second kappa shape index (κ2) is 28.4. The summed E-state index contributed by atoms with van der Waals surface area (Å²) in [7, 11) is 0. The average molecular weight is 485 g/mol. The van der Waals surface area contributed by atoms with Crippen molar-refractivity contribution in [1.29, 1.82) is 0 Å². The van der Waals surface area contributed by atoms with Crippen LogP contribution in [0.4, 0.5) is 0 Å². The first-order valence-corrected chi connectivity index (χ1v) is 13.6. The molecule has 0 aromatic carbocycles. The van der Waals surface area contributed by atoms with Gasteiger partial charge in [-0.15, -0.1) is 0 Å². The normalized spacial score (nSPS) is 23.1. The average Bonchev–Trinajstić information content (AvgIpc) is 3.74. The van der Waals surface area contributed by atoms with E-state index in [0.717, 1.165) is 72.4 Å². The third-order valence-corrected chi connectivity index (χ3v) is 5.37. The minimum atomic E-state index is 0.778. The molecule has 0 aromatic rings.